The molecule has 0 saturated carbocycles. The van der Waals surface area contributed by atoms with E-state index in [2.05, 4.69) is 49.8 Å². The molecule has 0 rings (SSSR count). The van der Waals surface area contributed by atoms with Crippen LogP contribution in [0.15, 0.2) is 0 Å². The summed E-state index contributed by atoms with van der Waals surface area (Å²) in [6, 6.07) is 0. The van der Waals surface area contributed by atoms with Crippen molar-refractivity contribution in [2.24, 2.45) is 0 Å². The van der Waals surface area contributed by atoms with Crippen LogP contribution >= 0.6 is 0 Å². The van der Waals surface area contributed by atoms with Crippen LogP contribution in [0.2, 0.25) is 10.5 Å². The van der Waals surface area contributed by atoms with Gasteiger partial charge in [-0.05, 0) is 0 Å². The van der Waals surface area contributed by atoms with Crippen molar-refractivity contribution in [1.82, 2.24) is 7.71 Å². The maximum absolute atomic E-state index is 2.49. The summed E-state index contributed by atoms with van der Waals surface area (Å²) >= 11 is -1.75. The van der Waals surface area contributed by atoms with E-state index in [9.17, 15) is 0 Å². The predicted molar refractivity (Wildman–Crippen MR) is 54.1 cm³/mol. The minimum absolute atomic E-state index is 1.36. The average molecular weight is 219 g/mol. The van der Waals surface area contributed by atoms with Gasteiger partial charge in [0.15, 0.2) is 0 Å². The zero-order valence-electron chi connectivity index (χ0n) is 8.81. The van der Waals surface area contributed by atoms with Crippen molar-refractivity contribution in [2.75, 3.05) is 28.2 Å². The minimum atomic E-state index is -1.75. The molecule has 0 fully saturated rings. The molecule has 0 N–H and O–H groups in total. The van der Waals surface area contributed by atoms with Crippen molar-refractivity contribution in [3.63, 3.8) is 0 Å². The molecule has 0 spiro atoms. The fourth-order valence-electron chi connectivity index (χ4n) is 1.91. The van der Waals surface area contributed by atoms with Crippen LogP contribution in [0.5, 0.6) is 0 Å². The molecule has 0 saturated heterocycles. The van der Waals surface area contributed by atoms with E-state index in [1.807, 2.05) is 0 Å². The summed E-state index contributed by atoms with van der Waals surface area (Å²) in [5, 5.41) is 2.72. The SMILES string of the molecule is C[CH2][Ge]([CH2]C)([N](C)C)[N](C)C. The van der Waals surface area contributed by atoms with Crippen molar-refractivity contribution in [2.45, 2.75) is 24.4 Å². The molecule has 0 heterocycles. The van der Waals surface area contributed by atoms with Gasteiger partial charge < -0.3 is 0 Å². The van der Waals surface area contributed by atoms with Crippen LogP contribution in [0, 0.1) is 0 Å². The number of hydrogen-bond acceptors (Lipinski definition) is 2. The van der Waals surface area contributed by atoms with Crippen LogP contribution in [0.3, 0.4) is 0 Å². The summed E-state index contributed by atoms with van der Waals surface area (Å²) in [7, 11) is 8.92. The Labute approximate surface area is 74.4 Å². The normalized spacial score (nSPS) is 13.1. The Morgan fingerprint density at radius 1 is 0.818 bits per heavy atom. The van der Waals surface area contributed by atoms with Gasteiger partial charge in [0.2, 0.25) is 0 Å². The second kappa shape index (κ2) is 4.48. The van der Waals surface area contributed by atoms with Gasteiger partial charge in [-0.25, -0.2) is 0 Å². The second-order valence-electron chi connectivity index (χ2n) is 3.48. The Hall–Kier alpha value is 0.463. The fraction of sp³-hybridized carbons (Fsp3) is 1.00. The van der Waals surface area contributed by atoms with Gasteiger partial charge in [-0.1, -0.05) is 0 Å². The summed E-state index contributed by atoms with van der Waals surface area (Å²) in [6.45, 7) is 4.65. The van der Waals surface area contributed by atoms with Gasteiger partial charge in [-0.3, -0.25) is 0 Å². The molecular weight excluding hydrogens is 197 g/mol. The third kappa shape index (κ3) is 2.20. The first kappa shape index (κ1) is 11.5. The summed E-state index contributed by atoms with van der Waals surface area (Å²) in [5.74, 6) is 0. The maximum atomic E-state index is 2.49. The van der Waals surface area contributed by atoms with E-state index < -0.39 is 13.7 Å². The van der Waals surface area contributed by atoms with Gasteiger partial charge in [-0.2, -0.15) is 0 Å². The van der Waals surface area contributed by atoms with Gasteiger partial charge >= 0.3 is 74.0 Å². The molecule has 0 unspecified atom stereocenters. The summed E-state index contributed by atoms with van der Waals surface area (Å²) in [5.41, 5.74) is 0. The molecule has 3 heteroatoms. The second-order valence-corrected chi connectivity index (χ2v) is 14.3. The van der Waals surface area contributed by atoms with Crippen molar-refractivity contribution in [1.29, 1.82) is 0 Å². The van der Waals surface area contributed by atoms with E-state index in [1.54, 1.807) is 0 Å². The molecular formula is C8H22GeN2. The van der Waals surface area contributed by atoms with E-state index >= 15 is 0 Å². The van der Waals surface area contributed by atoms with E-state index in [4.69, 9.17) is 0 Å². The van der Waals surface area contributed by atoms with Gasteiger partial charge in [0, 0.05) is 0 Å². The van der Waals surface area contributed by atoms with Gasteiger partial charge in [0.05, 0.1) is 0 Å². The predicted octanol–water partition coefficient (Wildman–Crippen LogP) is 1.59. The number of hydrogen-bond donors (Lipinski definition) is 0. The van der Waals surface area contributed by atoms with Gasteiger partial charge in [-0.15, -0.1) is 0 Å². The van der Waals surface area contributed by atoms with Crippen LogP contribution in [0.25, 0.3) is 0 Å². The summed E-state index contributed by atoms with van der Waals surface area (Å²) in [4.78, 5) is 0. The molecule has 0 aliphatic rings. The molecule has 0 aromatic rings. The number of nitrogens with zero attached hydrogens (tertiary/aromatic N) is 2. The Morgan fingerprint density at radius 3 is 1.09 bits per heavy atom. The molecule has 0 radical (unpaired) electrons. The summed E-state index contributed by atoms with van der Waals surface area (Å²) < 4.78 is 4.97. The van der Waals surface area contributed by atoms with E-state index in [0.717, 1.165) is 0 Å². The zero-order chi connectivity index (χ0) is 9.07. The Balaban J connectivity index is 4.46. The first-order valence-electron chi connectivity index (χ1n) is 4.36. The third-order valence-corrected chi connectivity index (χ3v) is 14.5. The molecule has 0 aromatic heterocycles. The first-order valence-corrected chi connectivity index (χ1v) is 9.20. The standard InChI is InChI=1S/C8H22GeN2/c1-7-9(8-2,10(3)4)11(5)6/h7-8H2,1-6H3. The van der Waals surface area contributed by atoms with Crippen LogP contribution in [-0.4, -0.2) is 49.6 Å². The third-order valence-electron chi connectivity index (χ3n) is 2.80. The molecule has 0 aliphatic carbocycles. The van der Waals surface area contributed by atoms with Crippen molar-refractivity contribution in [3.05, 3.63) is 0 Å². The Morgan fingerprint density at radius 2 is 1.09 bits per heavy atom. The molecule has 0 aromatic carbocycles. The van der Waals surface area contributed by atoms with Crippen molar-refractivity contribution < 1.29 is 0 Å². The molecule has 0 amide bonds. The molecule has 11 heavy (non-hydrogen) atoms. The van der Waals surface area contributed by atoms with E-state index in [1.165, 1.54) is 10.5 Å². The van der Waals surface area contributed by atoms with Crippen LogP contribution in [0.1, 0.15) is 13.8 Å². The number of rotatable bonds is 4. The van der Waals surface area contributed by atoms with Crippen LogP contribution in [-0.2, 0) is 0 Å². The quantitative estimate of drug-likeness (QED) is 0.662. The van der Waals surface area contributed by atoms with Crippen LogP contribution in [0.4, 0.5) is 0 Å². The molecule has 0 atom stereocenters. The van der Waals surface area contributed by atoms with Gasteiger partial charge in [0.1, 0.15) is 0 Å². The van der Waals surface area contributed by atoms with Crippen molar-refractivity contribution in [3.8, 4) is 0 Å². The fourth-order valence-corrected chi connectivity index (χ4v) is 9.95. The molecule has 0 bridgehead atoms. The van der Waals surface area contributed by atoms with E-state index in [0.29, 0.717) is 0 Å². The molecule has 68 valence electrons. The average Bonchev–Trinajstić information content (AvgIpc) is 1.90. The van der Waals surface area contributed by atoms with Crippen molar-refractivity contribution >= 4 is 13.7 Å². The molecule has 0 aliphatic heterocycles. The van der Waals surface area contributed by atoms with Gasteiger partial charge in [0.25, 0.3) is 0 Å². The summed E-state index contributed by atoms with van der Waals surface area (Å²) in [6.07, 6.45) is 0. The zero-order valence-corrected chi connectivity index (χ0v) is 10.9. The molecule has 2 nitrogen and oxygen atoms in total. The topological polar surface area (TPSA) is 6.48 Å². The Bertz CT molecular complexity index is 98.7. The van der Waals surface area contributed by atoms with E-state index in [-0.39, 0.29) is 0 Å². The Kier molecular flexibility index (Phi) is 4.67. The monoisotopic (exact) mass is 220 g/mol. The van der Waals surface area contributed by atoms with Crippen LogP contribution < -0.4 is 0 Å². The first-order chi connectivity index (χ1) is 5.01.